The van der Waals surface area contributed by atoms with Crippen LogP contribution in [-0.2, 0) is 0 Å². The average molecular weight is 317 g/mol. The Kier molecular flexibility index (Phi) is 4.96. The number of carbonyl (C=O) groups is 1. The van der Waals surface area contributed by atoms with Crippen molar-refractivity contribution in [2.24, 2.45) is 0 Å². The molecule has 19 heavy (non-hydrogen) atoms. The predicted molar refractivity (Wildman–Crippen MR) is 78.6 cm³/mol. The maximum absolute atomic E-state index is 12.0. The molecule has 0 aliphatic rings. The van der Waals surface area contributed by atoms with Gasteiger partial charge in [-0.3, -0.25) is 0 Å². The van der Waals surface area contributed by atoms with E-state index in [1.807, 2.05) is 53.5 Å². The van der Waals surface area contributed by atoms with E-state index in [0.29, 0.717) is 0 Å². The summed E-state index contributed by atoms with van der Waals surface area (Å²) in [5.41, 5.74) is 1.85. The molecule has 0 radical (unpaired) electrons. The quantitative estimate of drug-likeness (QED) is 0.792. The summed E-state index contributed by atoms with van der Waals surface area (Å²) in [6, 6.07) is 17.2. The van der Waals surface area contributed by atoms with Gasteiger partial charge in [-0.2, -0.15) is 0 Å². The third-order valence-electron chi connectivity index (χ3n) is 2.56. The van der Waals surface area contributed by atoms with Crippen molar-refractivity contribution < 1.29 is 9.53 Å². The van der Waals surface area contributed by atoms with Crippen molar-refractivity contribution in [2.75, 3.05) is 7.11 Å². The van der Waals surface area contributed by atoms with E-state index in [1.165, 1.54) is 0 Å². The molecule has 2 aromatic rings. The van der Waals surface area contributed by atoms with Crippen LogP contribution in [0.15, 0.2) is 59.6 Å². The number of benzene rings is 2. The second kappa shape index (κ2) is 6.93. The number of methoxy groups -OCH3 is 1. The number of carbonyl (C=O) groups excluding carboxylic acids is 1. The average Bonchev–Trinajstić information content (AvgIpc) is 2.48. The molecule has 3 heteroatoms. The van der Waals surface area contributed by atoms with Crippen LogP contribution in [0.3, 0.4) is 0 Å². The molecule has 0 heterocycles. The SMILES string of the molecule is COc1ccc(C(=O)[Se]/C=C/c2ccccc2)cc1. The molecule has 0 unspecified atom stereocenters. The summed E-state index contributed by atoms with van der Waals surface area (Å²) in [7, 11) is 1.61. The molecule has 2 aromatic carbocycles. The number of ether oxygens (including phenoxy) is 1. The van der Waals surface area contributed by atoms with E-state index < -0.39 is 0 Å². The first-order chi connectivity index (χ1) is 9.29. The van der Waals surface area contributed by atoms with Crippen LogP contribution in [0, 0.1) is 0 Å². The Hall–Kier alpha value is -1.83. The van der Waals surface area contributed by atoms with Gasteiger partial charge in [0.05, 0.1) is 0 Å². The molecule has 0 atom stereocenters. The monoisotopic (exact) mass is 318 g/mol. The molecule has 0 N–H and O–H groups in total. The van der Waals surface area contributed by atoms with Crippen LogP contribution in [0.2, 0.25) is 0 Å². The minimum absolute atomic E-state index is 0.169. The van der Waals surface area contributed by atoms with Crippen LogP contribution in [-0.4, -0.2) is 26.7 Å². The van der Waals surface area contributed by atoms with E-state index in [4.69, 9.17) is 4.74 Å². The Balaban J connectivity index is 1.95. The Morgan fingerprint density at radius 2 is 1.74 bits per heavy atom. The molecule has 0 saturated heterocycles. The molecule has 0 saturated carbocycles. The zero-order valence-corrected chi connectivity index (χ0v) is 12.3. The minimum atomic E-state index is -0.176. The third-order valence-corrected chi connectivity index (χ3v) is 4.08. The van der Waals surface area contributed by atoms with Crippen molar-refractivity contribution in [3.63, 3.8) is 0 Å². The fraction of sp³-hybridized carbons (Fsp3) is 0.0625. The molecule has 0 aromatic heterocycles. The topological polar surface area (TPSA) is 26.3 Å². The van der Waals surface area contributed by atoms with Crippen LogP contribution in [0.25, 0.3) is 6.08 Å². The molecule has 0 aliphatic carbocycles. The first-order valence-electron chi connectivity index (χ1n) is 5.86. The summed E-state index contributed by atoms with van der Waals surface area (Å²) in [4.78, 5) is 13.9. The van der Waals surface area contributed by atoms with E-state index in [1.54, 1.807) is 19.2 Å². The van der Waals surface area contributed by atoms with Gasteiger partial charge in [-0.1, -0.05) is 0 Å². The Morgan fingerprint density at radius 3 is 2.37 bits per heavy atom. The van der Waals surface area contributed by atoms with Crippen LogP contribution >= 0.6 is 0 Å². The molecule has 0 aliphatic heterocycles. The maximum atomic E-state index is 12.0. The molecule has 0 spiro atoms. The molecular formula is C16H14O2Se. The predicted octanol–water partition coefficient (Wildman–Crippen LogP) is 3.21. The van der Waals surface area contributed by atoms with Gasteiger partial charge in [-0.25, -0.2) is 0 Å². The summed E-state index contributed by atoms with van der Waals surface area (Å²) in [5, 5.41) is 0. The van der Waals surface area contributed by atoms with Crippen molar-refractivity contribution in [3.8, 4) is 5.75 Å². The molecule has 96 valence electrons. The van der Waals surface area contributed by atoms with Gasteiger partial charge >= 0.3 is 119 Å². The fourth-order valence-electron chi connectivity index (χ4n) is 1.53. The Bertz CT molecular complexity index is 559. The van der Waals surface area contributed by atoms with Crippen LogP contribution in [0.4, 0.5) is 0 Å². The van der Waals surface area contributed by atoms with Crippen LogP contribution in [0.5, 0.6) is 5.75 Å². The van der Waals surface area contributed by atoms with Gasteiger partial charge in [0.2, 0.25) is 0 Å². The van der Waals surface area contributed by atoms with Crippen molar-refractivity contribution in [3.05, 3.63) is 70.7 Å². The zero-order chi connectivity index (χ0) is 13.5. The van der Waals surface area contributed by atoms with E-state index in [9.17, 15) is 4.79 Å². The van der Waals surface area contributed by atoms with Gasteiger partial charge in [-0.05, 0) is 0 Å². The van der Waals surface area contributed by atoms with Gasteiger partial charge in [0.1, 0.15) is 0 Å². The van der Waals surface area contributed by atoms with Crippen molar-refractivity contribution in [2.45, 2.75) is 0 Å². The van der Waals surface area contributed by atoms with Crippen LogP contribution in [0.1, 0.15) is 15.9 Å². The summed E-state index contributed by atoms with van der Waals surface area (Å²) in [6.45, 7) is 0. The zero-order valence-electron chi connectivity index (χ0n) is 10.6. The fourth-order valence-corrected chi connectivity index (χ4v) is 2.84. The summed E-state index contributed by atoms with van der Waals surface area (Å²) < 4.78 is 5.24. The number of hydrogen-bond acceptors (Lipinski definition) is 2. The van der Waals surface area contributed by atoms with Gasteiger partial charge in [-0.15, -0.1) is 0 Å². The molecule has 0 amide bonds. The third kappa shape index (κ3) is 4.09. The number of hydrogen-bond donors (Lipinski definition) is 0. The second-order valence-corrected chi connectivity index (χ2v) is 5.69. The molecular weight excluding hydrogens is 303 g/mol. The first-order valence-corrected chi connectivity index (χ1v) is 7.71. The molecule has 0 fully saturated rings. The van der Waals surface area contributed by atoms with E-state index in [2.05, 4.69) is 0 Å². The molecule has 2 nitrogen and oxygen atoms in total. The van der Waals surface area contributed by atoms with Gasteiger partial charge < -0.3 is 0 Å². The normalized spacial score (nSPS) is 10.6. The van der Waals surface area contributed by atoms with E-state index in [0.717, 1.165) is 16.9 Å². The van der Waals surface area contributed by atoms with Crippen molar-refractivity contribution in [1.29, 1.82) is 0 Å². The van der Waals surface area contributed by atoms with E-state index >= 15 is 0 Å². The van der Waals surface area contributed by atoms with E-state index in [-0.39, 0.29) is 19.6 Å². The Morgan fingerprint density at radius 1 is 1.05 bits per heavy atom. The Labute approximate surface area is 119 Å². The van der Waals surface area contributed by atoms with Gasteiger partial charge in [0.25, 0.3) is 0 Å². The van der Waals surface area contributed by atoms with Crippen molar-refractivity contribution >= 4 is 25.7 Å². The van der Waals surface area contributed by atoms with Crippen molar-refractivity contribution in [1.82, 2.24) is 0 Å². The number of rotatable bonds is 5. The van der Waals surface area contributed by atoms with Gasteiger partial charge in [0.15, 0.2) is 0 Å². The standard InChI is InChI=1S/C16H14O2Se/c1-18-15-9-7-14(8-10-15)16(17)19-12-11-13-5-3-2-4-6-13/h2-12H,1H3/b12-11+. The molecule has 0 bridgehead atoms. The molecule has 2 rings (SSSR count). The summed E-state index contributed by atoms with van der Waals surface area (Å²) in [6.07, 6.45) is 1.99. The van der Waals surface area contributed by atoms with Crippen LogP contribution < -0.4 is 4.74 Å². The summed E-state index contributed by atoms with van der Waals surface area (Å²) >= 11 is -0.176. The first kappa shape index (κ1) is 13.6. The van der Waals surface area contributed by atoms with Gasteiger partial charge in [0, 0.05) is 0 Å². The second-order valence-electron chi connectivity index (χ2n) is 3.85. The summed E-state index contributed by atoms with van der Waals surface area (Å²) in [5.74, 6) is 0.767.